The molecule has 0 aliphatic rings. The van der Waals surface area contributed by atoms with Crippen LogP contribution in [0.4, 0.5) is 0 Å². The molecule has 0 amide bonds. The molecule has 1 aromatic carbocycles. The second-order valence-electron chi connectivity index (χ2n) is 3.87. The lowest BCUT2D eigenvalue weighted by molar-refractivity contribution is 0.490. The molecule has 0 bridgehead atoms. The van der Waals surface area contributed by atoms with Crippen LogP contribution in [0.5, 0.6) is 0 Å². The monoisotopic (exact) mass is 176 g/mol. The Morgan fingerprint density at radius 2 is 1.54 bits per heavy atom. The summed E-state index contributed by atoms with van der Waals surface area (Å²) in [5, 5.41) is 0. The Labute approximate surface area is 82.0 Å². The van der Waals surface area contributed by atoms with Gasteiger partial charge in [0.25, 0.3) is 0 Å². The van der Waals surface area contributed by atoms with E-state index in [9.17, 15) is 0 Å². The Bertz CT molecular complexity index is 229. The number of rotatable bonds is 4. The maximum absolute atomic E-state index is 2.28. The summed E-state index contributed by atoms with van der Waals surface area (Å²) in [5.41, 5.74) is 2.84. The molecular weight excluding hydrogens is 156 g/mol. The summed E-state index contributed by atoms with van der Waals surface area (Å²) < 4.78 is 0. The van der Waals surface area contributed by atoms with Crippen LogP contribution >= 0.6 is 0 Å². The minimum absolute atomic E-state index is 0.864. The van der Waals surface area contributed by atoms with Gasteiger partial charge in [-0.3, -0.25) is 0 Å². The maximum atomic E-state index is 2.28. The lowest BCUT2D eigenvalue weighted by atomic mass is 9.94. The number of aryl methyl sites for hydroxylation is 1. The number of hydrogen-bond acceptors (Lipinski definition) is 0. The minimum atomic E-state index is 0.864. The molecule has 0 spiro atoms. The van der Waals surface area contributed by atoms with E-state index in [1.54, 1.807) is 0 Å². The SMILES string of the molecule is CCC(CC)Cc1ccc(C)cc1. The Morgan fingerprint density at radius 1 is 1.00 bits per heavy atom. The van der Waals surface area contributed by atoms with E-state index in [1.165, 1.54) is 30.4 Å². The first-order chi connectivity index (χ1) is 6.26. The van der Waals surface area contributed by atoms with Crippen LogP contribution in [0.15, 0.2) is 24.3 Å². The summed E-state index contributed by atoms with van der Waals surface area (Å²) in [6.45, 7) is 6.70. The first-order valence-electron chi connectivity index (χ1n) is 5.31. The number of benzene rings is 1. The highest BCUT2D eigenvalue weighted by Crippen LogP contribution is 2.15. The van der Waals surface area contributed by atoms with Gasteiger partial charge in [0.15, 0.2) is 0 Å². The standard InChI is InChI=1S/C13H20/c1-4-12(5-2)10-13-8-6-11(3)7-9-13/h6-9,12H,4-5,10H2,1-3H3. The van der Waals surface area contributed by atoms with Crippen molar-refractivity contribution in [2.24, 2.45) is 5.92 Å². The quantitative estimate of drug-likeness (QED) is 0.651. The first kappa shape index (κ1) is 10.3. The van der Waals surface area contributed by atoms with Gasteiger partial charge in [-0.2, -0.15) is 0 Å². The van der Waals surface area contributed by atoms with E-state index in [0.717, 1.165) is 5.92 Å². The van der Waals surface area contributed by atoms with Crippen LogP contribution in [-0.4, -0.2) is 0 Å². The predicted molar refractivity (Wildman–Crippen MR) is 59.0 cm³/mol. The molecular formula is C13H20. The zero-order valence-electron chi connectivity index (χ0n) is 9.01. The first-order valence-corrected chi connectivity index (χ1v) is 5.31. The van der Waals surface area contributed by atoms with Gasteiger partial charge in [-0.25, -0.2) is 0 Å². The maximum Gasteiger partial charge on any atom is -0.0251 e. The summed E-state index contributed by atoms with van der Waals surface area (Å²) in [5.74, 6) is 0.864. The normalized spacial score (nSPS) is 10.8. The van der Waals surface area contributed by atoms with Crippen molar-refractivity contribution < 1.29 is 0 Å². The molecule has 0 fully saturated rings. The summed E-state index contributed by atoms with van der Waals surface area (Å²) in [6.07, 6.45) is 3.84. The lowest BCUT2D eigenvalue weighted by Gasteiger charge is -2.11. The zero-order valence-corrected chi connectivity index (χ0v) is 9.01. The van der Waals surface area contributed by atoms with Gasteiger partial charge >= 0.3 is 0 Å². The van der Waals surface area contributed by atoms with Gasteiger partial charge in [0.05, 0.1) is 0 Å². The molecule has 0 N–H and O–H groups in total. The molecule has 0 aliphatic carbocycles. The van der Waals surface area contributed by atoms with Crippen LogP contribution < -0.4 is 0 Å². The molecule has 0 unspecified atom stereocenters. The van der Waals surface area contributed by atoms with Crippen LogP contribution in [0.25, 0.3) is 0 Å². The average Bonchev–Trinajstić information content (AvgIpc) is 2.17. The van der Waals surface area contributed by atoms with E-state index in [-0.39, 0.29) is 0 Å². The van der Waals surface area contributed by atoms with Crippen molar-refractivity contribution in [3.05, 3.63) is 35.4 Å². The Kier molecular flexibility index (Phi) is 4.01. The Balaban J connectivity index is 2.58. The highest BCUT2D eigenvalue weighted by molar-refractivity contribution is 5.21. The van der Waals surface area contributed by atoms with Gasteiger partial charge in [-0.05, 0) is 24.8 Å². The van der Waals surface area contributed by atoms with E-state index in [1.807, 2.05) is 0 Å². The van der Waals surface area contributed by atoms with Gasteiger partial charge in [0, 0.05) is 0 Å². The van der Waals surface area contributed by atoms with Crippen molar-refractivity contribution in [2.75, 3.05) is 0 Å². The molecule has 72 valence electrons. The third kappa shape index (κ3) is 3.22. The highest BCUT2D eigenvalue weighted by atomic mass is 14.1. The van der Waals surface area contributed by atoms with Gasteiger partial charge in [-0.15, -0.1) is 0 Å². The van der Waals surface area contributed by atoms with E-state index in [4.69, 9.17) is 0 Å². The molecule has 1 rings (SSSR count). The molecule has 0 nitrogen and oxygen atoms in total. The average molecular weight is 176 g/mol. The fraction of sp³-hybridized carbons (Fsp3) is 0.538. The minimum Gasteiger partial charge on any atom is -0.0651 e. The smallest absolute Gasteiger partial charge is 0.0251 e. The third-order valence-electron chi connectivity index (χ3n) is 2.80. The second kappa shape index (κ2) is 5.06. The van der Waals surface area contributed by atoms with Gasteiger partial charge in [0.1, 0.15) is 0 Å². The van der Waals surface area contributed by atoms with Crippen molar-refractivity contribution in [1.82, 2.24) is 0 Å². The molecule has 1 aromatic rings. The molecule has 0 heterocycles. The van der Waals surface area contributed by atoms with E-state index in [0.29, 0.717) is 0 Å². The van der Waals surface area contributed by atoms with E-state index < -0.39 is 0 Å². The Morgan fingerprint density at radius 3 is 2.00 bits per heavy atom. The molecule has 0 aliphatic heterocycles. The molecule has 0 aromatic heterocycles. The molecule has 0 heteroatoms. The van der Waals surface area contributed by atoms with Crippen molar-refractivity contribution in [3.63, 3.8) is 0 Å². The summed E-state index contributed by atoms with van der Waals surface area (Å²) >= 11 is 0. The van der Waals surface area contributed by atoms with Crippen LogP contribution in [-0.2, 0) is 6.42 Å². The summed E-state index contributed by atoms with van der Waals surface area (Å²) in [4.78, 5) is 0. The van der Waals surface area contributed by atoms with Crippen molar-refractivity contribution in [1.29, 1.82) is 0 Å². The predicted octanol–water partition coefficient (Wildman–Crippen LogP) is 3.97. The second-order valence-corrected chi connectivity index (χ2v) is 3.87. The number of hydrogen-bond donors (Lipinski definition) is 0. The fourth-order valence-electron chi connectivity index (χ4n) is 1.63. The largest absolute Gasteiger partial charge is 0.0651 e. The molecule has 0 radical (unpaired) electrons. The van der Waals surface area contributed by atoms with E-state index in [2.05, 4.69) is 45.0 Å². The summed E-state index contributed by atoms with van der Waals surface area (Å²) in [7, 11) is 0. The molecule has 0 saturated heterocycles. The fourth-order valence-corrected chi connectivity index (χ4v) is 1.63. The van der Waals surface area contributed by atoms with E-state index >= 15 is 0 Å². The van der Waals surface area contributed by atoms with Crippen molar-refractivity contribution in [2.45, 2.75) is 40.0 Å². The van der Waals surface area contributed by atoms with Crippen LogP contribution in [0.3, 0.4) is 0 Å². The third-order valence-corrected chi connectivity index (χ3v) is 2.80. The molecule has 0 saturated carbocycles. The zero-order chi connectivity index (χ0) is 9.68. The van der Waals surface area contributed by atoms with Gasteiger partial charge < -0.3 is 0 Å². The Hall–Kier alpha value is -0.780. The lowest BCUT2D eigenvalue weighted by Crippen LogP contribution is -2.01. The van der Waals surface area contributed by atoms with Crippen LogP contribution in [0.1, 0.15) is 37.8 Å². The van der Waals surface area contributed by atoms with Crippen LogP contribution in [0.2, 0.25) is 0 Å². The molecule has 0 atom stereocenters. The van der Waals surface area contributed by atoms with Crippen molar-refractivity contribution >= 4 is 0 Å². The van der Waals surface area contributed by atoms with Crippen molar-refractivity contribution in [3.8, 4) is 0 Å². The van der Waals surface area contributed by atoms with Crippen LogP contribution in [0, 0.1) is 12.8 Å². The topological polar surface area (TPSA) is 0 Å². The molecule has 13 heavy (non-hydrogen) atoms. The van der Waals surface area contributed by atoms with Gasteiger partial charge in [-0.1, -0.05) is 56.5 Å². The highest BCUT2D eigenvalue weighted by Gasteiger charge is 2.03. The van der Waals surface area contributed by atoms with Gasteiger partial charge in [0.2, 0.25) is 0 Å². The summed E-state index contributed by atoms with van der Waals surface area (Å²) in [6, 6.07) is 8.93.